The summed E-state index contributed by atoms with van der Waals surface area (Å²) >= 11 is 10.9. The summed E-state index contributed by atoms with van der Waals surface area (Å²) in [5.74, 6) is 0.336. The van der Waals surface area contributed by atoms with Crippen LogP contribution in [0.3, 0.4) is 0 Å². The number of oxime groups is 1. The molecule has 142 valence electrons. The van der Waals surface area contributed by atoms with E-state index in [0.717, 1.165) is 34.6 Å². The third-order valence-corrected chi connectivity index (χ3v) is 6.62. The molecule has 2 atom stereocenters. The van der Waals surface area contributed by atoms with Gasteiger partial charge >= 0.3 is 0 Å². The molecule has 0 spiro atoms. The van der Waals surface area contributed by atoms with Crippen molar-refractivity contribution in [1.29, 1.82) is 0 Å². The van der Waals surface area contributed by atoms with Crippen molar-refractivity contribution in [3.05, 3.63) is 50.1 Å². The Hall–Kier alpha value is -1.57. The van der Waals surface area contributed by atoms with E-state index in [1.807, 2.05) is 24.3 Å². The molecule has 2 aliphatic heterocycles. The van der Waals surface area contributed by atoms with Gasteiger partial charge in [-0.3, -0.25) is 4.79 Å². The van der Waals surface area contributed by atoms with Crippen LogP contribution in [0.4, 0.5) is 5.69 Å². The fraction of sp³-hybridized carbons (Fsp3) is 0.368. The summed E-state index contributed by atoms with van der Waals surface area (Å²) in [6.07, 6.45) is 0.995. The van der Waals surface area contributed by atoms with Gasteiger partial charge in [-0.1, -0.05) is 38.8 Å². The van der Waals surface area contributed by atoms with Gasteiger partial charge in [0, 0.05) is 36.2 Å². The monoisotopic (exact) mass is 467 g/mol. The van der Waals surface area contributed by atoms with Gasteiger partial charge in [0.1, 0.15) is 5.71 Å². The molecule has 2 aliphatic rings. The second-order valence-corrected chi connectivity index (χ2v) is 9.40. The van der Waals surface area contributed by atoms with E-state index in [1.54, 1.807) is 0 Å². The van der Waals surface area contributed by atoms with Crippen molar-refractivity contribution in [3.8, 4) is 0 Å². The molecule has 1 aromatic carbocycles. The van der Waals surface area contributed by atoms with E-state index in [4.69, 9.17) is 16.4 Å². The predicted molar refractivity (Wildman–Crippen MR) is 113 cm³/mol. The molecular formula is C19H19BrClN3O2S. The lowest BCUT2D eigenvalue weighted by molar-refractivity contribution is -0.131. The molecule has 1 aromatic heterocycles. The van der Waals surface area contributed by atoms with Crippen LogP contribution in [-0.4, -0.2) is 37.4 Å². The first-order valence-corrected chi connectivity index (χ1v) is 10.8. The summed E-state index contributed by atoms with van der Waals surface area (Å²) in [5, 5.41) is 7.09. The van der Waals surface area contributed by atoms with Crippen LogP contribution in [0, 0.1) is 5.92 Å². The Morgan fingerprint density at radius 3 is 3.07 bits per heavy atom. The van der Waals surface area contributed by atoms with Crippen molar-refractivity contribution in [2.45, 2.75) is 18.9 Å². The van der Waals surface area contributed by atoms with Crippen molar-refractivity contribution in [2.75, 3.05) is 24.5 Å². The number of hydrogen-bond donors (Lipinski definition) is 1. The van der Waals surface area contributed by atoms with Gasteiger partial charge in [-0.05, 0) is 42.7 Å². The molecular weight excluding hydrogens is 450 g/mol. The summed E-state index contributed by atoms with van der Waals surface area (Å²) in [6, 6.07) is 12.1. The van der Waals surface area contributed by atoms with Gasteiger partial charge in [0.2, 0.25) is 6.10 Å². The lowest BCUT2D eigenvalue weighted by Crippen LogP contribution is -2.38. The van der Waals surface area contributed by atoms with E-state index in [2.05, 4.69) is 43.4 Å². The maximum absolute atomic E-state index is 12.4. The average molecular weight is 469 g/mol. The summed E-state index contributed by atoms with van der Waals surface area (Å²) in [6.45, 7) is 2.60. The van der Waals surface area contributed by atoms with Crippen molar-refractivity contribution in [2.24, 2.45) is 11.1 Å². The Kier molecular flexibility index (Phi) is 5.71. The van der Waals surface area contributed by atoms with Gasteiger partial charge in [0.15, 0.2) is 0 Å². The van der Waals surface area contributed by atoms with E-state index in [-0.39, 0.29) is 5.91 Å². The molecule has 1 saturated heterocycles. The SMILES string of the molecule is O=C(NCC1CCN(c2cccc(Br)c2)C1)C1CC(c2ccc(Cl)s2)=NO1. The van der Waals surface area contributed by atoms with Crippen molar-refractivity contribution in [1.82, 2.24) is 5.32 Å². The molecule has 0 saturated carbocycles. The zero-order valence-electron chi connectivity index (χ0n) is 14.5. The van der Waals surface area contributed by atoms with Gasteiger partial charge in [-0.25, -0.2) is 0 Å². The Labute approximate surface area is 175 Å². The van der Waals surface area contributed by atoms with Crippen LogP contribution in [0.2, 0.25) is 4.34 Å². The first kappa shape index (κ1) is 18.8. The summed E-state index contributed by atoms with van der Waals surface area (Å²) in [7, 11) is 0. The van der Waals surface area contributed by atoms with Crippen LogP contribution >= 0.6 is 38.9 Å². The molecule has 1 N–H and O–H groups in total. The topological polar surface area (TPSA) is 53.9 Å². The van der Waals surface area contributed by atoms with Gasteiger partial charge in [-0.2, -0.15) is 0 Å². The second-order valence-electron chi connectivity index (χ2n) is 6.77. The molecule has 4 rings (SSSR count). The molecule has 2 aromatic rings. The smallest absolute Gasteiger partial charge is 0.264 e. The fourth-order valence-corrected chi connectivity index (χ4v) is 4.82. The number of halogens is 2. The quantitative estimate of drug-likeness (QED) is 0.712. The molecule has 3 heterocycles. The summed E-state index contributed by atoms with van der Waals surface area (Å²) in [4.78, 5) is 21.1. The Morgan fingerprint density at radius 1 is 1.41 bits per heavy atom. The molecule has 1 amide bonds. The number of carbonyl (C=O) groups is 1. The first-order valence-electron chi connectivity index (χ1n) is 8.85. The molecule has 0 radical (unpaired) electrons. The van der Waals surface area contributed by atoms with E-state index in [9.17, 15) is 4.79 Å². The lowest BCUT2D eigenvalue weighted by atomic mass is 10.1. The molecule has 8 heteroatoms. The van der Waals surface area contributed by atoms with E-state index < -0.39 is 6.10 Å². The number of anilines is 1. The number of nitrogens with zero attached hydrogens (tertiary/aromatic N) is 2. The second kappa shape index (κ2) is 8.20. The van der Waals surface area contributed by atoms with Crippen LogP contribution in [-0.2, 0) is 9.63 Å². The van der Waals surface area contributed by atoms with Crippen molar-refractivity contribution in [3.63, 3.8) is 0 Å². The Balaban J connectivity index is 1.25. The Morgan fingerprint density at radius 2 is 2.30 bits per heavy atom. The minimum atomic E-state index is -0.552. The van der Waals surface area contributed by atoms with Crippen LogP contribution in [0.1, 0.15) is 17.7 Å². The zero-order valence-corrected chi connectivity index (χ0v) is 17.7. The van der Waals surface area contributed by atoms with Gasteiger partial charge in [-0.15, -0.1) is 11.3 Å². The minimum Gasteiger partial charge on any atom is -0.382 e. The zero-order chi connectivity index (χ0) is 18.8. The van der Waals surface area contributed by atoms with Gasteiger partial charge in [0.25, 0.3) is 5.91 Å². The number of rotatable bonds is 5. The van der Waals surface area contributed by atoms with Crippen LogP contribution in [0.25, 0.3) is 0 Å². The molecule has 2 unspecified atom stereocenters. The van der Waals surface area contributed by atoms with Crippen molar-refractivity contribution >= 4 is 56.2 Å². The third kappa shape index (κ3) is 4.47. The van der Waals surface area contributed by atoms with E-state index in [0.29, 0.717) is 23.2 Å². The number of amides is 1. The number of benzene rings is 1. The largest absolute Gasteiger partial charge is 0.382 e. The maximum Gasteiger partial charge on any atom is 0.264 e. The highest BCUT2D eigenvalue weighted by atomic mass is 79.9. The Bertz CT molecular complexity index is 872. The minimum absolute atomic E-state index is 0.0997. The molecule has 0 bridgehead atoms. The van der Waals surface area contributed by atoms with Crippen LogP contribution in [0.15, 0.2) is 46.0 Å². The normalized spacial score (nSPS) is 21.9. The highest BCUT2D eigenvalue weighted by molar-refractivity contribution is 9.10. The third-order valence-electron chi connectivity index (χ3n) is 4.84. The first-order chi connectivity index (χ1) is 13.1. The molecule has 1 fully saturated rings. The number of carbonyl (C=O) groups excluding carboxylic acids is 1. The number of thiophene rings is 1. The van der Waals surface area contributed by atoms with Crippen LogP contribution in [0.5, 0.6) is 0 Å². The predicted octanol–water partition coefficient (Wildman–Crippen LogP) is 4.30. The lowest BCUT2D eigenvalue weighted by Gasteiger charge is -2.19. The maximum atomic E-state index is 12.4. The van der Waals surface area contributed by atoms with Gasteiger partial charge in [0.05, 0.1) is 9.21 Å². The van der Waals surface area contributed by atoms with Crippen molar-refractivity contribution < 1.29 is 9.63 Å². The fourth-order valence-electron chi connectivity index (χ4n) is 3.40. The number of hydrogen-bond acceptors (Lipinski definition) is 5. The number of nitrogens with one attached hydrogen (secondary N) is 1. The van der Waals surface area contributed by atoms with E-state index >= 15 is 0 Å². The van der Waals surface area contributed by atoms with Gasteiger partial charge < -0.3 is 15.1 Å². The summed E-state index contributed by atoms with van der Waals surface area (Å²) in [5.41, 5.74) is 2.00. The standard InChI is InChI=1S/C19H19BrClN3O2S/c20-13-2-1-3-14(8-13)24-7-6-12(11-24)10-22-19(25)16-9-15(23-26-16)17-4-5-18(21)27-17/h1-5,8,12,16H,6-7,9-11H2,(H,22,25). The highest BCUT2D eigenvalue weighted by Crippen LogP contribution is 2.27. The van der Waals surface area contributed by atoms with Crippen LogP contribution < -0.4 is 10.2 Å². The molecule has 0 aliphatic carbocycles. The molecule has 5 nitrogen and oxygen atoms in total. The highest BCUT2D eigenvalue weighted by Gasteiger charge is 2.30. The molecule has 27 heavy (non-hydrogen) atoms. The summed E-state index contributed by atoms with van der Waals surface area (Å²) < 4.78 is 1.79. The van der Waals surface area contributed by atoms with E-state index in [1.165, 1.54) is 17.0 Å². The average Bonchev–Trinajstić information content (AvgIpc) is 3.40.